The van der Waals surface area contributed by atoms with E-state index in [2.05, 4.69) is 25.3 Å². The maximum atomic E-state index is 14.9. The van der Waals surface area contributed by atoms with Gasteiger partial charge in [-0.25, -0.2) is 23.4 Å². The van der Waals surface area contributed by atoms with Crippen LogP contribution in [0.25, 0.3) is 22.2 Å². The van der Waals surface area contributed by atoms with Crippen molar-refractivity contribution in [1.29, 1.82) is 0 Å². The minimum absolute atomic E-state index is 0.106. The number of rotatable bonds is 2. The number of hydrogen-bond acceptors (Lipinski definition) is 5. The van der Waals surface area contributed by atoms with Crippen LogP contribution in [0.3, 0.4) is 0 Å². The van der Waals surface area contributed by atoms with Crippen LogP contribution in [0.15, 0.2) is 30.6 Å². The molecule has 6 nitrogen and oxygen atoms in total. The summed E-state index contributed by atoms with van der Waals surface area (Å²) in [7, 11) is 1.78. The maximum Gasteiger partial charge on any atom is 0.221 e. The minimum atomic E-state index is -0.740. The van der Waals surface area contributed by atoms with Crippen LogP contribution in [-0.2, 0) is 0 Å². The van der Waals surface area contributed by atoms with Gasteiger partial charge in [-0.3, -0.25) is 4.98 Å². The van der Waals surface area contributed by atoms with Gasteiger partial charge in [0.2, 0.25) is 5.65 Å². The number of benzene rings is 1. The predicted molar refractivity (Wildman–Crippen MR) is 86.8 cm³/mol. The van der Waals surface area contributed by atoms with Gasteiger partial charge in [-0.2, -0.15) is 0 Å². The van der Waals surface area contributed by atoms with Gasteiger partial charge in [0.15, 0.2) is 13.5 Å². The third kappa shape index (κ3) is 2.12. The third-order valence-corrected chi connectivity index (χ3v) is 3.93. The first-order valence-electron chi connectivity index (χ1n) is 7.33. The Morgan fingerprint density at radius 2 is 2.08 bits per heavy atom. The van der Waals surface area contributed by atoms with Crippen molar-refractivity contribution in [3.8, 4) is 0 Å². The van der Waals surface area contributed by atoms with Gasteiger partial charge in [-0.15, -0.1) is 5.10 Å². The van der Waals surface area contributed by atoms with Crippen LogP contribution >= 0.6 is 0 Å². The molecule has 0 aliphatic carbocycles. The molecule has 0 spiro atoms. The average molecular weight is 324 g/mol. The van der Waals surface area contributed by atoms with Crippen LogP contribution < -0.4 is 5.59 Å². The molecule has 4 aromatic rings. The zero-order chi connectivity index (χ0) is 16.8. The quantitative estimate of drug-likeness (QED) is 0.513. The molecule has 1 atom stereocenters. The number of nitrogens with zero attached hydrogens (tertiary/aromatic N) is 6. The number of halogens is 2. The first-order valence-corrected chi connectivity index (χ1v) is 7.33. The highest BCUT2D eigenvalue weighted by Crippen LogP contribution is 2.29. The number of pyridine rings is 1. The van der Waals surface area contributed by atoms with Gasteiger partial charge in [-0.05, 0) is 19.1 Å². The average Bonchev–Trinajstić information content (AvgIpc) is 2.97. The van der Waals surface area contributed by atoms with Crippen LogP contribution in [0.4, 0.5) is 8.78 Å². The zero-order valence-corrected chi connectivity index (χ0v) is 12.9. The van der Waals surface area contributed by atoms with Gasteiger partial charge in [0.1, 0.15) is 11.6 Å². The summed E-state index contributed by atoms with van der Waals surface area (Å²) in [6.45, 7) is 1.64. The molecule has 0 bridgehead atoms. The summed E-state index contributed by atoms with van der Waals surface area (Å²) in [5.74, 6) is -1.34. The fourth-order valence-electron chi connectivity index (χ4n) is 2.75. The Morgan fingerprint density at radius 3 is 2.92 bits per heavy atom. The van der Waals surface area contributed by atoms with Gasteiger partial charge in [0.05, 0.1) is 11.6 Å². The molecule has 3 aromatic heterocycles. The standard InChI is InChI=1S/C15H11BF2N6/c1-7(24-15-14(22-23-24)20-6-11(16)21-15)12-9(17)5-10-8(13(12)18)3-2-4-19-10/h2-7H,16H2,1H3. The van der Waals surface area contributed by atoms with E-state index in [1.807, 2.05) is 0 Å². The minimum Gasteiger partial charge on any atom is -0.256 e. The normalized spacial score (nSPS) is 12.8. The van der Waals surface area contributed by atoms with Gasteiger partial charge in [-0.1, -0.05) is 5.21 Å². The molecule has 4 rings (SSSR count). The molecular weight excluding hydrogens is 313 g/mol. The summed E-state index contributed by atoms with van der Waals surface area (Å²) in [6, 6.07) is 3.66. The summed E-state index contributed by atoms with van der Waals surface area (Å²) < 4.78 is 30.8. The maximum absolute atomic E-state index is 14.9. The predicted octanol–water partition coefficient (Wildman–Crippen LogP) is 0.915. The molecule has 24 heavy (non-hydrogen) atoms. The molecule has 1 unspecified atom stereocenters. The van der Waals surface area contributed by atoms with Crippen LogP contribution in [0, 0.1) is 11.6 Å². The Morgan fingerprint density at radius 1 is 1.25 bits per heavy atom. The fourth-order valence-corrected chi connectivity index (χ4v) is 2.75. The Hall–Kier alpha value is -2.97. The molecule has 118 valence electrons. The Labute approximate surface area is 136 Å². The first kappa shape index (κ1) is 14.6. The Kier molecular flexibility index (Phi) is 3.22. The van der Waals surface area contributed by atoms with Crippen LogP contribution in [-0.4, -0.2) is 37.8 Å². The highest BCUT2D eigenvalue weighted by atomic mass is 19.1. The molecule has 9 heteroatoms. The lowest BCUT2D eigenvalue weighted by atomic mass is 10.0. The summed E-state index contributed by atoms with van der Waals surface area (Å²) in [4.78, 5) is 12.4. The molecule has 3 heterocycles. The molecule has 0 radical (unpaired) electrons. The second-order valence-electron chi connectivity index (χ2n) is 5.52. The molecule has 0 aliphatic heterocycles. The lowest BCUT2D eigenvalue weighted by Gasteiger charge is -2.15. The van der Waals surface area contributed by atoms with Crippen LogP contribution in [0.5, 0.6) is 0 Å². The smallest absolute Gasteiger partial charge is 0.221 e. The third-order valence-electron chi connectivity index (χ3n) is 3.93. The Balaban J connectivity index is 1.94. The van der Waals surface area contributed by atoms with E-state index in [4.69, 9.17) is 0 Å². The van der Waals surface area contributed by atoms with Crippen molar-refractivity contribution in [3.63, 3.8) is 0 Å². The second-order valence-corrected chi connectivity index (χ2v) is 5.52. The second kappa shape index (κ2) is 5.29. The summed E-state index contributed by atoms with van der Waals surface area (Å²) in [6.07, 6.45) is 3.06. The Bertz CT molecular complexity index is 1080. The van der Waals surface area contributed by atoms with E-state index in [-0.39, 0.29) is 16.5 Å². The SMILES string of the molecule is Bc1cnc2nnn(C(C)c3c(F)cc4ncccc4c3F)c2n1. The van der Waals surface area contributed by atoms with E-state index in [0.29, 0.717) is 16.9 Å². The topological polar surface area (TPSA) is 69.4 Å². The number of fused-ring (bicyclic) bond motifs is 2. The lowest BCUT2D eigenvalue weighted by Crippen LogP contribution is -2.16. The van der Waals surface area contributed by atoms with Crippen LogP contribution in [0.1, 0.15) is 18.5 Å². The van der Waals surface area contributed by atoms with Crippen molar-refractivity contribution in [1.82, 2.24) is 29.9 Å². The van der Waals surface area contributed by atoms with Crippen molar-refractivity contribution >= 4 is 35.6 Å². The van der Waals surface area contributed by atoms with Crippen molar-refractivity contribution in [2.24, 2.45) is 0 Å². The molecule has 0 saturated carbocycles. The molecule has 0 N–H and O–H groups in total. The van der Waals surface area contributed by atoms with Gasteiger partial charge >= 0.3 is 0 Å². The van der Waals surface area contributed by atoms with E-state index in [1.54, 1.807) is 33.1 Å². The summed E-state index contributed by atoms with van der Waals surface area (Å²) in [5, 5.41) is 8.13. The van der Waals surface area contributed by atoms with E-state index in [9.17, 15) is 8.78 Å². The van der Waals surface area contributed by atoms with E-state index in [1.165, 1.54) is 16.9 Å². The highest BCUT2D eigenvalue weighted by Gasteiger charge is 2.24. The van der Waals surface area contributed by atoms with E-state index >= 15 is 0 Å². The van der Waals surface area contributed by atoms with Crippen LogP contribution in [0.2, 0.25) is 0 Å². The van der Waals surface area contributed by atoms with Gasteiger partial charge in [0, 0.05) is 35.0 Å². The molecular formula is C15H11BF2N6. The fraction of sp³-hybridized carbons (Fsp3) is 0.133. The highest BCUT2D eigenvalue weighted by molar-refractivity contribution is 6.30. The van der Waals surface area contributed by atoms with Crippen molar-refractivity contribution < 1.29 is 8.78 Å². The monoisotopic (exact) mass is 324 g/mol. The van der Waals surface area contributed by atoms with Gasteiger partial charge < -0.3 is 0 Å². The summed E-state index contributed by atoms with van der Waals surface area (Å²) >= 11 is 0. The van der Waals surface area contributed by atoms with Crippen molar-refractivity contribution in [3.05, 3.63) is 47.8 Å². The molecule has 0 saturated heterocycles. The van der Waals surface area contributed by atoms with Crippen molar-refractivity contribution in [2.75, 3.05) is 0 Å². The van der Waals surface area contributed by atoms with E-state index in [0.717, 1.165) is 0 Å². The number of aromatic nitrogens is 6. The first-order chi connectivity index (χ1) is 11.6. The lowest BCUT2D eigenvalue weighted by molar-refractivity contribution is 0.485. The largest absolute Gasteiger partial charge is 0.256 e. The van der Waals surface area contributed by atoms with Gasteiger partial charge in [0.25, 0.3) is 0 Å². The summed E-state index contributed by atoms with van der Waals surface area (Å²) in [5.41, 5.74) is 1.54. The van der Waals surface area contributed by atoms with Crippen molar-refractivity contribution in [2.45, 2.75) is 13.0 Å². The molecule has 0 fully saturated rings. The molecule has 1 aromatic carbocycles. The molecule has 0 amide bonds. The van der Waals surface area contributed by atoms with E-state index < -0.39 is 17.7 Å². The molecule has 0 aliphatic rings. The number of hydrogen-bond donors (Lipinski definition) is 0. The zero-order valence-electron chi connectivity index (χ0n) is 12.9.